The Balaban J connectivity index is 1.69. The Hall–Kier alpha value is -1.64. The first-order valence-corrected chi connectivity index (χ1v) is 8.17. The molecule has 1 aliphatic carbocycles. The highest BCUT2D eigenvalue weighted by molar-refractivity contribution is 5.71. The van der Waals surface area contributed by atoms with Crippen molar-refractivity contribution in [2.75, 3.05) is 0 Å². The van der Waals surface area contributed by atoms with Gasteiger partial charge in [0.1, 0.15) is 12.8 Å². The van der Waals surface area contributed by atoms with Crippen LogP contribution in [0.4, 0.5) is 4.39 Å². The minimum atomic E-state index is -0.673. The van der Waals surface area contributed by atoms with Crippen LogP contribution in [0.15, 0.2) is 42.0 Å². The lowest BCUT2D eigenvalue weighted by Gasteiger charge is -2.18. The van der Waals surface area contributed by atoms with Crippen LogP contribution in [0, 0.1) is 5.92 Å². The monoisotopic (exact) mass is 304 g/mol. The van der Waals surface area contributed by atoms with Crippen molar-refractivity contribution in [2.24, 2.45) is 5.92 Å². The summed E-state index contributed by atoms with van der Waals surface area (Å²) in [5, 5.41) is 0. The molecule has 1 aliphatic rings. The van der Waals surface area contributed by atoms with E-state index in [4.69, 9.17) is 4.74 Å². The van der Waals surface area contributed by atoms with Gasteiger partial charge in [-0.1, -0.05) is 48.9 Å². The van der Waals surface area contributed by atoms with E-state index < -0.39 is 6.17 Å². The van der Waals surface area contributed by atoms with Crippen LogP contribution in [-0.2, 0) is 16.1 Å². The first-order chi connectivity index (χ1) is 10.6. The molecule has 0 aromatic heterocycles. The van der Waals surface area contributed by atoms with Crippen molar-refractivity contribution in [1.82, 2.24) is 0 Å². The number of alkyl halides is 1. The molecule has 0 bridgehead atoms. The lowest BCUT2D eigenvalue weighted by Crippen LogP contribution is -2.14. The standard InChI is InChI=1S/C19H25FO2/c1-15(7-5-10-16-11-6-12-18(20)13-16)19(21)22-14-17-8-3-2-4-9-17/h2-4,8-10,15,18H,5-7,11-14H2,1H3/b16-10-. The summed E-state index contributed by atoms with van der Waals surface area (Å²) in [6.45, 7) is 2.22. The highest BCUT2D eigenvalue weighted by atomic mass is 19.1. The molecule has 0 radical (unpaired) electrons. The first kappa shape index (κ1) is 16.7. The quantitative estimate of drug-likeness (QED) is 0.547. The molecule has 1 saturated carbocycles. The van der Waals surface area contributed by atoms with E-state index in [9.17, 15) is 9.18 Å². The molecule has 2 rings (SSSR count). The Kier molecular flexibility index (Phi) is 6.63. The van der Waals surface area contributed by atoms with Crippen molar-refractivity contribution >= 4 is 5.97 Å². The number of ether oxygens (including phenoxy) is 1. The van der Waals surface area contributed by atoms with E-state index in [-0.39, 0.29) is 11.9 Å². The summed E-state index contributed by atoms with van der Waals surface area (Å²) in [6, 6.07) is 9.69. The number of hydrogen-bond donors (Lipinski definition) is 0. The molecule has 0 amide bonds. The molecule has 120 valence electrons. The van der Waals surface area contributed by atoms with Gasteiger partial charge in [0.15, 0.2) is 0 Å². The molecule has 0 aliphatic heterocycles. The van der Waals surface area contributed by atoms with E-state index in [0.29, 0.717) is 19.4 Å². The SMILES string of the molecule is CC(CC/C=C1/CCCC(F)C1)C(=O)OCc1ccccc1. The first-order valence-electron chi connectivity index (χ1n) is 8.17. The van der Waals surface area contributed by atoms with Gasteiger partial charge in [-0.15, -0.1) is 0 Å². The Bertz CT molecular complexity index is 495. The van der Waals surface area contributed by atoms with E-state index in [1.807, 2.05) is 37.3 Å². The normalized spacial score (nSPS) is 21.5. The molecule has 2 atom stereocenters. The van der Waals surface area contributed by atoms with Crippen molar-refractivity contribution in [1.29, 1.82) is 0 Å². The van der Waals surface area contributed by atoms with E-state index in [1.54, 1.807) is 0 Å². The third kappa shape index (κ3) is 5.63. The number of allylic oxidation sites excluding steroid dienone is 2. The molecule has 2 nitrogen and oxygen atoms in total. The Morgan fingerprint density at radius 2 is 2.18 bits per heavy atom. The van der Waals surface area contributed by atoms with Gasteiger partial charge in [-0.25, -0.2) is 4.39 Å². The molecular formula is C19H25FO2. The maximum atomic E-state index is 13.3. The second-order valence-corrected chi connectivity index (χ2v) is 6.13. The molecular weight excluding hydrogens is 279 g/mol. The van der Waals surface area contributed by atoms with Crippen LogP contribution in [-0.4, -0.2) is 12.1 Å². The lowest BCUT2D eigenvalue weighted by atomic mass is 9.92. The van der Waals surface area contributed by atoms with Crippen molar-refractivity contribution < 1.29 is 13.9 Å². The second-order valence-electron chi connectivity index (χ2n) is 6.13. The van der Waals surface area contributed by atoms with Gasteiger partial charge in [0, 0.05) is 0 Å². The molecule has 2 unspecified atom stereocenters. The number of benzene rings is 1. The average molecular weight is 304 g/mol. The van der Waals surface area contributed by atoms with Gasteiger partial charge in [-0.3, -0.25) is 4.79 Å². The summed E-state index contributed by atoms with van der Waals surface area (Å²) in [5.74, 6) is -0.278. The van der Waals surface area contributed by atoms with E-state index in [2.05, 4.69) is 6.08 Å². The van der Waals surface area contributed by atoms with Crippen molar-refractivity contribution in [3.8, 4) is 0 Å². The zero-order chi connectivity index (χ0) is 15.8. The maximum Gasteiger partial charge on any atom is 0.308 e. The van der Waals surface area contributed by atoms with Gasteiger partial charge >= 0.3 is 5.97 Å². The summed E-state index contributed by atoms with van der Waals surface area (Å²) >= 11 is 0. The smallest absolute Gasteiger partial charge is 0.308 e. The van der Waals surface area contributed by atoms with Crippen LogP contribution in [0.2, 0.25) is 0 Å². The van der Waals surface area contributed by atoms with Crippen LogP contribution in [0.3, 0.4) is 0 Å². The number of carbonyl (C=O) groups excluding carboxylic acids is 1. The number of rotatable bonds is 6. The predicted octanol–water partition coefficient (Wildman–Crippen LogP) is 4.98. The number of carbonyl (C=O) groups is 1. The Morgan fingerprint density at radius 3 is 2.91 bits per heavy atom. The molecule has 22 heavy (non-hydrogen) atoms. The third-order valence-corrected chi connectivity index (χ3v) is 4.16. The van der Waals surface area contributed by atoms with E-state index in [0.717, 1.165) is 31.2 Å². The summed E-state index contributed by atoms with van der Waals surface area (Å²) in [5.41, 5.74) is 2.21. The van der Waals surface area contributed by atoms with Crippen LogP contribution in [0.25, 0.3) is 0 Å². The maximum absolute atomic E-state index is 13.3. The van der Waals surface area contributed by atoms with Gasteiger partial charge < -0.3 is 4.74 Å². The summed E-state index contributed by atoms with van der Waals surface area (Å²) < 4.78 is 18.6. The fourth-order valence-electron chi connectivity index (χ4n) is 2.75. The van der Waals surface area contributed by atoms with Gasteiger partial charge in [-0.2, -0.15) is 0 Å². The van der Waals surface area contributed by atoms with Gasteiger partial charge in [0.05, 0.1) is 5.92 Å². The number of halogens is 1. The minimum absolute atomic E-state index is 0.120. The molecule has 1 aromatic rings. The molecule has 0 saturated heterocycles. The van der Waals surface area contributed by atoms with Crippen LogP contribution < -0.4 is 0 Å². The Morgan fingerprint density at radius 1 is 1.41 bits per heavy atom. The molecule has 1 fully saturated rings. The minimum Gasteiger partial charge on any atom is -0.461 e. The summed E-state index contributed by atoms with van der Waals surface area (Å²) in [6.07, 6.45) is 6.25. The van der Waals surface area contributed by atoms with Crippen LogP contribution in [0.1, 0.15) is 51.0 Å². The largest absolute Gasteiger partial charge is 0.461 e. The lowest BCUT2D eigenvalue weighted by molar-refractivity contribution is -0.149. The van der Waals surface area contributed by atoms with E-state index in [1.165, 1.54) is 5.57 Å². The fourth-order valence-corrected chi connectivity index (χ4v) is 2.75. The molecule has 0 heterocycles. The van der Waals surface area contributed by atoms with Crippen LogP contribution >= 0.6 is 0 Å². The van der Waals surface area contributed by atoms with Crippen LogP contribution in [0.5, 0.6) is 0 Å². The second kappa shape index (κ2) is 8.72. The molecule has 1 aromatic carbocycles. The summed E-state index contributed by atoms with van der Waals surface area (Å²) in [7, 11) is 0. The highest BCUT2D eigenvalue weighted by Crippen LogP contribution is 2.26. The summed E-state index contributed by atoms with van der Waals surface area (Å²) in [4.78, 5) is 11.9. The van der Waals surface area contributed by atoms with Crippen molar-refractivity contribution in [2.45, 2.75) is 58.2 Å². The zero-order valence-corrected chi connectivity index (χ0v) is 13.3. The number of esters is 1. The van der Waals surface area contributed by atoms with Crippen molar-refractivity contribution in [3.63, 3.8) is 0 Å². The predicted molar refractivity (Wildman–Crippen MR) is 86.1 cm³/mol. The van der Waals surface area contributed by atoms with Gasteiger partial charge in [0.25, 0.3) is 0 Å². The zero-order valence-electron chi connectivity index (χ0n) is 13.3. The molecule has 3 heteroatoms. The van der Waals surface area contributed by atoms with E-state index >= 15 is 0 Å². The fraction of sp³-hybridized carbons (Fsp3) is 0.526. The van der Waals surface area contributed by atoms with Gasteiger partial charge in [0.2, 0.25) is 0 Å². The highest BCUT2D eigenvalue weighted by Gasteiger charge is 2.17. The van der Waals surface area contributed by atoms with Gasteiger partial charge in [-0.05, 0) is 44.1 Å². The molecule has 0 spiro atoms. The van der Waals surface area contributed by atoms with Crippen molar-refractivity contribution in [3.05, 3.63) is 47.5 Å². The topological polar surface area (TPSA) is 26.3 Å². The Labute approximate surface area is 132 Å². The third-order valence-electron chi connectivity index (χ3n) is 4.16. The average Bonchev–Trinajstić information content (AvgIpc) is 2.53. The number of hydrogen-bond acceptors (Lipinski definition) is 2. The molecule has 0 N–H and O–H groups in total.